The number of thiocarbonyl (C=S) groups is 1. The van der Waals surface area contributed by atoms with Gasteiger partial charge in [-0.15, -0.1) is 0 Å². The SMILES string of the molecule is COc1ccc(CC(=O)NNC(=S)NCc2ccc(OCC(C)C)cc2)cc1Br. The van der Waals surface area contributed by atoms with Crippen LogP contribution in [-0.4, -0.2) is 24.7 Å². The fourth-order valence-electron chi connectivity index (χ4n) is 2.37. The third-order valence-corrected chi connectivity index (χ3v) is 4.72. The van der Waals surface area contributed by atoms with Gasteiger partial charge in [-0.2, -0.15) is 0 Å². The average molecular weight is 480 g/mol. The lowest BCUT2D eigenvalue weighted by Gasteiger charge is -2.13. The highest BCUT2D eigenvalue weighted by Gasteiger charge is 2.07. The smallest absolute Gasteiger partial charge is 0.242 e. The molecule has 1 amide bonds. The first-order chi connectivity index (χ1) is 13.9. The van der Waals surface area contributed by atoms with Crippen LogP contribution in [0, 0.1) is 5.92 Å². The number of halogens is 1. The Labute approximate surface area is 185 Å². The molecular formula is C21H26BrN3O3S. The fourth-order valence-corrected chi connectivity index (χ4v) is 3.08. The number of hydrogen-bond donors (Lipinski definition) is 3. The summed E-state index contributed by atoms with van der Waals surface area (Å²) in [5.74, 6) is 1.86. The van der Waals surface area contributed by atoms with Gasteiger partial charge in [0.1, 0.15) is 11.5 Å². The molecule has 0 fully saturated rings. The quantitative estimate of drug-likeness (QED) is 0.395. The maximum absolute atomic E-state index is 12.1. The van der Waals surface area contributed by atoms with Gasteiger partial charge < -0.3 is 14.8 Å². The number of nitrogens with one attached hydrogen (secondary N) is 3. The van der Waals surface area contributed by atoms with Gasteiger partial charge in [0.2, 0.25) is 5.91 Å². The van der Waals surface area contributed by atoms with Gasteiger partial charge in [0, 0.05) is 6.54 Å². The highest BCUT2D eigenvalue weighted by Crippen LogP contribution is 2.25. The maximum Gasteiger partial charge on any atom is 0.242 e. The van der Waals surface area contributed by atoms with Crippen LogP contribution in [0.1, 0.15) is 25.0 Å². The summed E-state index contributed by atoms with van der Waals surface area (Å²) in [5.41, 5.74) is 7.22. The number of methoxy groups -OCH3 is 1. The van der Waals surface area contributed by atoms with Gasteiger partial charge in [0.25, 0.3) is 0 Å². The van der Waals surface area contributed by atoms with Crippen LogP contribution in [-0.2, 0) is 17.8 Å². The van der Waals surface area contributed by atoms with Crippen molar-refractivity contribution in [1.82, 2.24) is 16.2 Å². The fraction of sp³-hybridized carbons (Fsp3) is 0.333. The summed E-state index contributed by atoms with van der Waals surface area (Å²) in [6, 6.07) is 13.3. The molecule has 0 aliphatic carbocycles. The van der Waals surface area contributed by atoms with Crippen molar-refractivity contribution in [2.75, 3.05) is 13.7 Å². The summed E-state index contributed by atoms with van der Waals surface area (Å²) in [6.45, 7) is 5.46. The molecule has 3 N–H and O–H groups in total. The lowest BCUT2D eigenvalue weighted by molar-refractivity contribution is -0.121. The van der Waals surface area contributed by atoms with Crippen LogP contribution in [0.25, 0.3) is 0 Å². The molecule has 8 heteroatoms. The highest BCUT2D eigenvalue weighted by molar-refractivity contribution is 9.10. The zero-order valence-electron chi connectivity index (χ0n) is 16.8. The van der Waals surface area contributed by atoms with Crippen LogP contribution >= 0.6 is 28.1 Å². The maximum atomic E-state index is 12.1. The normalized spacial score (nSPS) is 10.4. The Hall–Kier alpha value is -2.32. The number of hydrogen-bond acceptors (Lipinski definition) is 4. The third kappa shape index (κ3) is 8.29. The Morgan fingerprint density at radius 2 is 1.79 bits per heavy atom. The van der Waals surface area contributed by atoms with E-state index in [4.69, 9.17) is 21.7 Å². The molecular weight excluding hydrogens is 454 g/mol. The predicted octanol–water partition coefficient (Wildman–Crippen LogP) is 3.73. The molecule has 29 heavy (non-hydrogen) atoms. The minimum Gasteiger partial charge on any atom is -0.496 e. The molecule has 0 saturated carbocycles. The number of amides is 1. The monoisotopic (exact) mass is 479 g/mol. The summed E-state index contributed by atoms with van der Waals surface area (Å²) in [5, 5.41) is 3.39. The van der Waals surface area contributed by atoms with Crippen molar-refractivity contribution >= 4 is 39.2 Å². The molecule has 0 radical (unpaired) electrons. The Bertz CT molecular complexity index is 828. The predicted molar refractivity (Wildman–Crippen MR) is 122 cm³/mol. The summed E-state index contributed by atoms with van der Waals surface area (Å²) >= 11 is 8.61. The number of rotatable bonds is 8. The number of carbonyl (C=O) groups is 1. The molecule has 0 saturated heterocycles. The lowest BCUT2D eigenvalue weighted by atomic mass is 10.1. The van der Waals surface area contributed by atoms with Crippen LogP contribution in [0.2, 0.25) is 0 Å². The van der Waals surface area contributed by atoms with Gasteiger partial charge in [0.05, 0.1) is 24.6 Å². The molecule has 6 nitrogen and oxygen atoms in total. The van der Waals surface area contributed by atoms with E-state index in [0.29, 0.717) is 24.2 Å². The molecule has 0 aliphatic rings. The van der Waals surface area contributed by atoms with Gasteiger partial charge in [0.15, 0.2) is 5.11 Å². The molecule has 2 aromatic rings. The second kappa shape index (κ2) is 11.6. The van der Waals surface area contributed by atoms with Crippen molar-refractivity contribution < 1.29 is 14.3 Å². The van der Waals surface area contributed by atoms with Crippen molar-refractivity contribution in [3.05, 3.63) is 58.1 Å². The van der Waals surface area contributed by atoms with Crippen molar-refractivity contribution in [3.8, 4) is 11.5 Å². The number of ether oxygens (including phenoxy) is 2. The van der Waals surface area contributed by atoms with E-state index in [-0.39, 0.29) is 12.3 Å². The summed E-state index contributed by atoms with van der Waals surface area (Å²) in [7, 11) is 1.60. The Kier molecular flexibility index (Phi) is 9.21. The first kappa shape index (κ1) is 23.0. The molecule has 0 spiro atoms. The topological polar surface area (TPSA) is 71.6 Å². The number of carbonyl (C=O) groups excluding carboxylic acids is 1. The highest BCUT2D eigenvalue weighted by atomic mass is 79.9. The molecule has 2 aromatic carbocycles. The van der Waals surface area contributed by atoms with Gasteiger partial charge in [-0.1, -0.05) is 32.0 Å². The van der Waals surface area contributed by atoms with Gasteiger partial charge in [-0.25, -0.2) is 0 Å². The Morgan fingerprint density at radius 1 is 1.10 bits per heavy atom. The Balaban J connectivity index is 1.71. The van der Waals surface area contributed by atoms with Crippen molar-refractivity contribution in [2.24, 2.45) is 5.92 Å². The zero-order valence-corrected chi connectivity index (χ0v) is 19.2. The number of hydrazine groups is 1. The minimum atomic E-state index is -0.196. The molecule has 0 heterocycles. The molecule has 0 bridgehead atoms. The molecule has 2 rings (SSSR count). The average Bonchev–Trinajstić information content (AvgIpc) is 2.70. The van der Waals surface area contributed by atoms with E-state index >= 15 is 0 Å². The molecule has 0 aliphatic heterocycles. The molecule has 0 aromatic heterocycles. The zero-order chi connectivity index (χ0) is 21.2. The van der Waals surface area contributed by atoms with Crippen molar-refractivity contribution in [3.63, 3.8) is 0 Å². The molecule has 0 atom stereocenters. The summed E-state index contributed by atoms with van der Waals surface area (Å²) in [6.07, 6.45) is 0.218. The van der Waals surface area contributed by atoms with Crippen molar-refractivity contribution in [2.45, 2.75) is 26.8 Å². The molecule has 156 valence electrons. The third-order valence-electron chi connectivity index (χ3n) is 3.86. The lowest BCUT2D eigenvalue weighted by Crippen LogP contribution is -2.47. The first-order valence-electron chi connectivity index (χ1n) is 9.24. The van der Waals surface area contributed by atoms with E-state index in [1.807, 2.05) is 42.5 Å². The van der Waals surface area contributed by atoms with Gasteiger partial charge in [-0.3, -0.25) is 15.6 Å². The second-order valence-corrected chi connectivity index (χ2v) is 8.11. The van der Waals surface area contributed by atoms with E-state index in [9.17, 15) is 4.79 Å². The van der Waals surface area contributed by atoms with E-state index in [0.717, 1.165) is 27.1 Å². The van der Waals surface area contributed by atoms with Gasteiger partial charge in [-0.05, 0) is 69.5 Å². The standard InChI is InChI=1S/C21H26BrN3O3S/c1-14(2)13-28-17-7-4-15(5-8-17)12-23-21(29)25-24-20(26)11-16-6-9-19(27-3)18(22)10-16/h4-10,14H,11-13H2,1-3H3,(H,24,26)(H2,23,25,29). The van der Waals surface area contributed by atoms with E-state index in [1.54, 1.807) is 7.11 Å². The van der Waals surface area contributed by atoms with Gasteiger partial charge >= 0.3 is 0 Å². The second-order valence-electron chi connectivity index (χ2n) is 6.85. The minimum absolute atomic E-state index is 0.196. The van der Waals surface area contributed by atoms with Crippen LogP contribution in [0.5, 0.6) is 11.5 Å². The van der Waals surface area contributed by atoms with Crippen molar-refractivity contribution in [1.29, 1.82) is 0 Å². The van der Waals surface area contributed by atoms with Crippen LogP contribution in [0.4, 0.5) is 0 Å². The largest absolute Gasteiger partial charge is 0.496 e. The van der Waals surface area contributed by atoms with Crippen LogP contribution < -0.4 is 25.6 Å². The molecule has 0 unspecified atom stereocenters. The Morgan fingerprint density at radius 3 is 2.41 bits per heavy atom. The summed E-state index contributed by atoms with van der Waals surface area (Å²) < 4.78 is 11.7. The van der Waals surface area contributed by atoms with E-state index < -0.39 is 0 Å². The summed E-state index contributed by atoms with van der Waals surface area (Å²) in [4.78, 5) is 12.1. The first-order valence-corrected chi connectivity index (χ1v) is 10.4. The van der Waals surface area contributed by atoms with E-state index in [1.165, 1.54) is 0 Å². The van der Waals surface area contributed by atoms with Crippen LogP contribution in [0.3, 0.4) is 0 Å². The van der Waals surface area contributed by atoms with Crippen LogP contribution in [0.15, 0.2) is 46.9 Å². The van der Waals surface area contributed by atoms with E-state index in [2.05, 4.69) is 45.9 Å². The number of benzene rings is 2.